The maximum Gasteiger partial charge on any atom is 0.174 e. The summed E-state index contributed by atoms with van der Waals surface area (Å²) in [4.78, 5) is 12.0. The molecule has 4 saturated carbocycles. The standard InChI is InChI=1S/C21H32O3/c1-19-8-5-15(22)13-14(19)3-4-16-17(19)6-9-20(2)18(16)7-10-21(20)23-11-12-24-21/h14,16-18H,3-13H2,1-2H3/t14-,16+,17-,18?,19-,20-/m0/s1. The molecule has 134 valence electrons. The smallest absolute Gasteiger partial charge is 0.174 e. The number of ether oxygens (including phenoxy) is 2. The van der Waals surface area contributed by atoms with Gasteiger partial charge in [-0.2, -0.15) is 0 Å². The molecule has 0 aromatic rings. The summed E-state index contributed by atoms with van der Waals surface area (Å²) in [5.74, 6) is 3.29. The van der Waals surface area contributed by atoms with E-state index in [9.17, 15) is 4.79 Å². The monoisotopic (exact) mass is 332 g/mol. The van der Waals surface area contributed by atoms with Crippen LogP contribution in [0.3, 0.4) is 0 Å². The molecule has 1 saturated heterocycles. The Morgan fingerprint density at radius 2 is 1.67 bits per heavy atom. The van der Waals surface area contributed by atoms with Crippen molar-refractivity contribution in [3.05, 3.63) is 0 Å². The molecule has 4 aliphatic carbocycles. The number of ketones is 1. The van der Waals surface area contributed by atoms with Crippen molar-refractivity contribution in [1.82, 2.24) is 0 Å². The Bertz CT molecular complexity index is 551. The Balaban J connectivity index is 1.46. The highest BCUT2D eigenvalue weighted by atomic mass is 16.7. The largest absolute Gasteiger partial charge is 0.347 e. The molecule has 6 atom stereocenters. The van der Waals surface area contributed by atoms with Gasteiger partial charge in [0.15, 0.2) is 5.79 Å². The van der Waals surface area contributed by atoms with E-state index in [4.69, 9.17) is 9.47 Å². The van der Waals surface area contributed by atoms with Crippen LogP contribution in [0, 0.1) is 34.5 Å². The van der Waals surface area contributed by atoms with Gasteiger partial charge in [0.05, 0.1) is 13.2 Å². The van der Waals surface area contributed by atoms with Crippen LogP contribution in [0.1, 0.15) is 71.6 Å². The van der Waals surface area contributed by atoms with Gasteiger partial charge in [-0.05, 0) is 67.6 Å². The van der Waals surface area contributed by atoms with Crippen molar-refractivity contribution in [3.8, 4) is 0 Å². The normalized spacial score (nSPS) is 52.8. The van der Waals surface area contributed by atoms with E-state index in [0.29, 0.717) is 17.1 Å². The first-order valence-electron chi connectivity index (χ1n) is 10.3. The van der Waals surface area contributed by atoms with Gasteiger partial charge in [-0.1, -0.05) is 13.8 Å². The molecule has 1 aliphatic heterocycles. The van der Waals surface area contributed by atoms with Gasteiger partial charge in [-0.15, -0.1) is 0 Å². The predicted octanol–water partition coefficient (Wildman–Crippen LogP) is 4.34. The molecule has 0 N–H and O–H groups in total. The SMILES string of the molecule is C[C@]12CCC(=O)C[C@@H]1CC[C@H]1C3CCC4(OCCO4)[C@@]3(C)CC[C@@H]12. The molecular weight excluding hydrogens is 300 g/mol. The molecule has 1 unspecified atom stereocenters. The number of Topliss-reactive ketones (excluding diaryl/α,β-unsaturated/α-hetero) is 1. The average Bonchev–Trinajstić information content (AvgIpc) is 3.15. The maximum absolute atomic E-state index is 12.0. The summed E-state index contributed by atoms with van der Waals surface area (Å²) in [5, 5.41) is 0. The molecule has 3 heteroatoms. The molecule has 5 fully saturated rings. The second kappa shape index (κ2) is 5.07. The summed E-state index contributed by atoms with van der Waals surface area (Å²) >= 11 is 0. The first-order chi connectivity index (χ1) is 11.5. The Morgan fingerprint density at radius 3 is 2.46 bits per heavy atom. The van der Waals surface area contributed by atoms with Crippen LogP contribution in [0.2, 0.25) is 0 Å². The van der Waals surface area contributed by atoms with Crippen LogP contribution in [0.15, 0.2) is 0 Å². The van der Waals surface area contributed by atoms with Gasteiger partial charge < -0.3 is 9.47 Å². The third kappa shape index (κ3) is 1.84. The highest BCUT2D eigenvalue weighted by Gasteiger charge is 2.67. The molecule has 0 bridgehead atoms. The second-order valence-corrected chi connectivity index (χ2v) is 9.84. The van der Waals surface area contributed by atoms with Crippen molar-refractivity contribution in [3.63, 3.8) is 0 Å². The van der Waals surface area contributed by atoms with E-state index in [2.05, 4.69) is 13.8 Å². The summed E-state index contributed by atoms with van der Waals surface area (Å²) in [6.07, 6.45) is 10.3. The Labute approximate surface area is 145 Å². The first kappa shape index (κ1) is 15.8. The number of carbonyl (C=O) groups excluding carboxylic acids is 1. The number of rotatable bonds is 0. The van der Waals surface area contributed by atoms with Gasteiger partial charge in [-0.3, -0.25) is 4.79 Å². The maximum atomic E-state index is 12.0. The van der Waals surface area contributed by atoms with Gasteiger partial charge in [0, 0.05) is 24.7 Å². The lowest BCUT2D eigenvalue weighted by Crippen LogP contribution is -2.56. The number of hydrogen-bond acceptors (Lipinski definition) is 3. The third-order valence-corrected chi connectivity index (χ3v) is 9.28. The molecule has 5 rings (SSSR count). The summed E-state index contributed by atoms with van der Waals surface area (Å²) in [7, 11) is 0. The fourth-order valence-electron chi connectivity index (χ4n) is 7.93. The first-order valence-corrected chi connectivity index (χ1v) is 10.3. The summed E-state index contributed by atoms with van der Waals surface area (Å²) in [6, 6.07) is 0. The zero-order valence-electron chi connectivity index (χ0n) is 15.3. The molecule has 1 spiro atoms. The average molecular weight is 332 g/mol. The van der Waals surface area contributed by atoms with Gasteiger partial charge >= 0.3 is 0 Å². The minimum atomic E-state index is -0.275. The number of carbonyl (C=O) groups is 1. The molecular formula is C21H32O3. The van der Waals surface area contributed by atoms with Crippen molar-refractivity contribution < 1.29 is 14.3 Å². The van der Waals surface area contributed by atoms with Crippen molar-refractivity contribution in [1.29, 1.82) is 0 Å². The fraction of sp³-hybridized carbons (Fsp3) is 0.952. The molecule has 1 heterocycles. The molecule has 5 aliphatic rings. The van der Waals surface area contributed by atoms with Crippen molar-refractivity contribution in [2.24, 2.45) is 34.5 Å². The van der Waals surface area contributed by atoms with E-state index >= 15 is 0 Å². The van der Waals surface area contributed by atoms with E-state index in [0.717, 1.165) is 56.7 Å². The van der Waals surface area contributed by atoms with Crippen LogP contribution in [0.5, 0.6) is 0 Å². The fourth-order valence-corrected chi connectivity index (χ4v) is 7.93. The summed E-state index contributed by atoms with van der Waals surface area (Å²) in [6.45, 7) is 6.54. The van der Waals surface area contributed by atoms with Crippen molar-refractivity contribution in [2.75, 3.05) is 13.2 Å². The Kier molecular flexibility index (Phi) is 3.34. The second-order valence-electron chi connectivity index (χ2n) is 9.84. The molecule has 0 aromatic heterocycles. The highest BCUT2D eigenvalue weighted by molar-refractivity contribution is 5.79. The van der Waals surface area contributed by atoms with E-state index in [1.165, 1.54) is 32.1 Å². The third-order valence-electron chi connectivity index (χ3n) is 9.28. The highest BCUT2D eigenvalue weighted by Crippen LogP contribution is 2.69. The molecule has 0 radical (unpaired) electrons. The van der Waals surface area contributed by atoms with Crippen LogP contribution in [0.4, 0.5) is 0 Å². The van der Waals surface area contributed by atoms with Crippen LogP contribution < -0.4 is 0 Å². The number of fused-ring (bicyclic) bond motifs is 6. The van der Waals surface area contributed by atoms with Gasteiger partial charge in [0.25, 0.3) is 0 Å². The van der Waals surface area contributed by atoms with E-state index in [1.54, 1.807) is 0 Å². The van der Waals surface area contributed by atoms with Crippen molar-refractivity contribution in [2.45, 2.75) is 77.4 Å². The van der Waals surface area contributed by atoms with E-state index < -0.39 is 0 Å². The molecule has 0 amide bonds. The molecule has 0 aromatic carbocycles. The van der Waals surface area contributed by atoms with Crippen LogP contribution in [0.25, 0.3) is 0 Å². The van der Waals surface area contributed by atoms with E-state index in [1.807, 2.05) is 0 Å². The number of hydrogen-bond donors (Lipinski definition) is 0. The van der Waals surface area contributed by atoms with Crippen LogP contribution in [-0.2, 0) is 14.3 Å². The topological polar surface area (TPSA) is 35.5 Å². The van der Waals surface area contributed by atoms with Gasteiger partial charge in [0.1, 0.15) is 5.78 Å². The minimum Gasteiger partial charge on any atom is -0.347 e. The Morgan fingerprint density at radius 1 is 0.917 bits per heavy atom. The molecule has 24 heavy (non-hydrogen) atoms. The lowest BCUT2D eigenvalue weighted by atomic mass is 9.45. The minimum absolute atomic E-state index is 0.207. The summed E-state index contributed by atoms with van der Waals surface area (Å²) in [5.41, 5.74) is 0.615. The quantitative estimate of drug-likeness (QED) is 0.662. The van der Waals surface area contributed by atoms with Crippen LogP contribution in [-0.4, -0.2) is 24.8 Å². The van der Waals surface area contributed by atoms with Crippen LogP contribution >= 0.6 is 0 Å². The Hall–Kier alpha value is -0.410. The zero-order valence-corrected chi connectivity index (χ0v) is 15.3. The van der Waals surface area contributed by atoms with Crippen molar-refractivity contribution >= 4 is 5.78 Å². The van der Waals surface area contributed by atoms with E-state index in [-0.39, 0.29) is 11.2 Å². The lowest BCUT2D eigenvalue weighted by Gasteiger charge is -2.60. The van der Waals surface area contributed by atoms with Gasteiger partial charge in [0.2, 0.25) is 0 Å². The lowest BCUT2D eigenvalue weighted by molar-refractivity contribution is -0.246. The van der Waals surface area contributed by atoms with Gasteiger partial charge in [-0.25, -0.2) is 0 Å². The zero-order chi connectivity index (χ0) is 16.6. The molecule has 3 nitrogen and oxygen atoms in total. The summed E-state index contributed by atoms with van der Waals surface area (Å²) < 4.78 is 12.5. The predicted molar refractivity (Wildman–Crippen MR) is 91.4 cm³/mol.